The van der Waals surface area contributed by atoms with Crippen LogP contribution in [0.1, 0.15) is 52.8 Å². The largest absolute Gasteiger partial charge is 0.459 e. The van der Waals surface area contributed by atoms with E-state index in [4.69, 9.17) is 9.26 Å². The van der Waals surface area contributed by atoms with E-state index in [1.54, 1.807) is 0 Å². The molecule has 138 valence electrons. The number of esters is 1. The molecule has 0 unspecified atom stereocenters. The van der Waals surface area contributed by atoms with E-state index in [1.807, 2.05) is 39.5 Å². The van der Waals surface area contributed by atoms with E-state index in [-0.39, 0.29) is 42.6 Å². The van der Waals surface area contributed by atoms with Crippen LogP contribution < -0.4 is 0 Å². The van der Waals surface area contributed by atoms with Crippen LogP contribution >= 0.6 is 0 Å². The van der Waals surface area contributed by atoms with Gasteiger partial charge in [-0.2, -0.15) is 4.98 Å². The number of sulfone groups is 1. The molecule has 0 radical (unpaired) electrons. The van der Waals surface area contributed by atoms with Crippen molar-refractivity contribution in [2.45, 2.75) is 65.0 Å². The highest BCUT2D eigenvalue weighted by Gasteiger charge is 2.23. The highest BCUT2D eigenvalue weighted by Crippen LogP contribution is 2.13. The van der Waals surface area contributed by atoms with Gasteiger partial charge in [-0.25, -0.2) is 8.42 Å². The highest BCUT2D eigenvalue weighted by atomic mass is 32.2. The van der Waals surface area contributed by atoms with Crippen molar-refractivity contribution >= 4 is 15.8 Å². The maximum absolute atomic E-state index is 12.1. The van der Waals surface area contributed by atoms with Gasteiger partial charge in [0.1, 0.15) is 11.4 Å². The fraction of sp³-hybridized carbons (Fsp3) is 0.800. The Balaban J connectivity index is 2.78. The number of carbonyl (C=O) groups is 1. The number of ether oxygens (including phenoxy) is 1. The Hall–Kier alpha value is -1.48. The van der Waals surface area contributed by atoms with Crippen LogP contribution in [0.15, 0.2) is 4.52 Å². The van der Waals surface area contributed by atoms with Gasteiger partial charge in [0, 0.05) is 12.3 Å². The van der Waals surface area contributed by atoms with Crippen molar-refractivity contribution in [1.29, 1.82) is 0 Å². The minimum absolute atomic E-state index is 0.0933. The van der Waals surface area contributed by atoms with E-state index in [0.29, 0.717) is 0 Å². The van der Waals surface area contributed by atoms with Gasteiger partial charge >= 0.3 is 5.97 Å². The third-order valence-electron chi connectivity index (χ3n) is 3.21. The second kappa shape index (κ2) is 8.06. The predicted octanol–water partition coefficient (Wildman–Crippen LogP) is 1.56. The Morgan fingerprint density at radius 1 is 1.38 bits per heavy atom. The summed E-state index contributed by atoms with van der Waals surface area (Å²) in [6.45, 7) is 9.78. The third kappa shape index (κ3) is 7.87. The second-order valence-corrected chi connectivity index (χ2v) is 9.06. The van der Waals surface area contributed by atoms with Crippen molar-refractivity contribution in [2.75, 3.05) is 12.8 Å². The Morgan fingerprint density at radius 2 is 2.00 bits per heavy atom. The predicted molar refractivity (Wildman–Crippen MR) is 88.9 cm³/mol. The molecule has 24 heavy (non-hydrogen) atoms. The molecular weight excluding hydrogens is 334 g/mol. The van der Waals surface area contributed by atoms with Crippen LogP contribution in [0, 0.1) is 0 Å². The SMILES string of the molecule is CC[C@@H](C)N(CC(=O)OC(C)(C)C)Cc1nc(CS(C)(=O)=O)no1. The molecule has 0 aliphatic carbocycles. The van der Waals surface area contributed by atoms with Crippen LogP contribution in [0.4, 0.5) is 0 Å². The summed E-state index contributed by atoms with van der Waals surface area (Å²) in [5.41, 5.74) is -0.550. The van der Waals surface area contributed by atoms with Gasteiger partial charge in [0.2, 0.25) is 5.89 Å². The van der Waals surface area contributed by atoms with E-state index in [1.165, 1.54) is 0 Å². The number of carbonyl (C=O) groups excluding carboxylic acids is 1. The lowest BCUT2D eigenvalue weighted by molar-refractivity contribution is -0.157. The molecule has 8 nitrogen and oxygen atoms in total. The summed E-state index contributed by atoms with van der Waals surface area (Å²) in [5, 5.41) is 3.67. The molecule has 1 heterocycles. The Labute approximate surface area is 143 Å². The fourth-order valence-corrected chi connectivity index (χ4v) is 2.57. The fourth-order valence-electron chi connectivity index (χ4n) is 1.99. The van der Waals surface area contributed by atoms with Crippen LogP contribution in [-0.4, -0.2) is 53.9 Å². The first-order valence-corrected chi connectivity index (χ1v) is 9.90. The summed E-state index contributed by atoms with van der Waals surface area (Å²) in [4.78, 5) is 18.0. The molecule has 0 spiro atoms. The summed E-state index contributed by atoms with van der Waals surface area (Å²) < 4.78 is 33.0. The van der Waals surface area contributed by atoms with Crippen LogP contribution in [-0.2, 0) is 31.7 Å². The zero-order valence-electron chi connectivity index (χ0n) is 15.2. The van der Waals surface area contributed by atoms with Crippen molar-refractivity contribution in [2.24, 2.45) is 0 Å². The Kier molecular flexibility index (Phi) is 6.91. The monoisotopic (exact) mass is 361 g/mol. The normalized spacial score (nSPS) is 14.0. The quantitative estimate of drug-likeness (QED) is 0.643. The van der Waals surface area contributed by atoms with Crippen molar-refractivity contribution in [3.05, 3.63) is 11.7 Å². The average molecular weight is 361 g/mol. The lowest BCUT2D eigenvalue weighted by Gasteiger charge is -2.28. The van der Waals surface area contributed by atoms with Gasteiger partial charge in [0.05, 0.1) is 13.1 Å². The standard InChI is InChI=1S/C15H27N3O5S/c1-7-11(2)18(9-14(19)22-15(3,4)5)8-13-16-12(17-23-13)10-24(6,20)21/h11H,7-10H2,1-6H3/t11-/m1/s1. The minimum atomic E-state index is -3.23. The summed E-state index contributed by atoms with van der Waals surface area (Å²) in [5.74, 6) is -0.212. The zero-order valence-corrected chi connectivity index (χ0v) is 16.0. The summed E-state index contributed by atoms with van der Waals surface area (Å²) >= 11 is 0. The lowest BCUT2D eigenvalue weighted by Crippen LogP contribution is -2.39. The topological polar surface area (TPSA) is 103 Å². The van der Waals surface area contributed by atoms with Crippen molar-refractivity contribution in [3.63, 3.8) is 0 Å². The molecule has 0 aliphatic heterocycles. The first-order chi connectivity index (χ1) is 10.9. The summed E-state index contributed by atoms with van der Waals surface area (Å²) in [6.07, 6.45) is 1.93. The molecular formula is C15H27N3O5S. The van der Waals surface area contributed by atoms with Gasteiger partial charge in [-0.3, -0.25) is 9.69 Å². The van der Waals surface area contributed by atoms with Crippen LogP contribution in [0.2, 0.25) is 0 Å². The maximum Gasteiger partial charge on any atom is 0.320 e. The molecule has 0 saturated heterocycles. The molecule has 0 amide bonds. The van der Waals surface area contributed by atoms with Crippen molar-refractivity contribution in [1.82, 2.24) is 15.0 Å². The number of nitrogens with zero attached hydrogens (tertiary/aromatic N) is 3. The third-order valence-corrected chi connectivity index (χ3v) is 3.99. The van der Waals surface area contributed by atoms with E-state index < -0.39 is 15.4 Å². The van der Waals surface area contributed by atoms with Crippen LogP contribution in [0.3, 0.4) is 0 Å². The van der Waals surface area contributed by atoms with Crippen LogP contribution in [0.5, 0.6) is 0 Å². The van der Waals surface area contributed by atoms with Gasteiger partial charge in [0.25, 0.3) is 0 Å². The van der Waals surface area contributed by atoms with Crippen molar-refractivity contribution < 1.29 is 22.5 Å². The molecule has 0 aromatic carbocycles. The number of hydrogen-bond donors (Lipinski definition) is 0. The molecule has 0 bridgehead atoms. The molecule has 0 N–H and O–H groups in total. The van der Waals surface area contributed by atoms with Crippen molar-refractivity contribution in [3.8, 4) is 0 Å². The minimum Gasteiger partial charge on any atom is -0.459 e. The van der Waals surface area contributed by atoms with E-state index in [9.17, 15) is 13.2 Å². The van der Waals surface area contributed by atoms with Crippen LogP contribution in [0.25, 0.3) is 0 Å². The second-order valence-electron chi connectivity index (χ2n) is 6.92. The average Bonchev–Trinajstić information content (AvgIpc) is 2.79. The zero-order chi connectivity index (χ0) is 18.5. The summed E-state index contributed by atoms with van der Waals surface area (Å²) in [7, 11) is -3.23. The molecule has 1 aromatic rings. The van der Waals surface area contributed by atoms with Gasteiger partial charge in [0.15, 0.2) is 15.7 Å². The molecule has 1 aromatic heterocycles. The summed E-state index contributed by atoms with van der Waals surface area (Å²) in [6, 6.07) is 0.0998. The first kappa shape index (κ1) is 20.6. The number of rotatable bonds is 8. The smallest absolute Gasteiger partial charge is 0.320 e. The Morgan fingerprint density at radius 3 is 2.50 bits per heavy atom. The van der Waals surface area contributed by atoms with E-state index >= 15 is 0 Å². The molecule has 0 fully saturated rings. The molecule has 0 saturated carbocycles. The molecule has 1 rings (SSSR count). The van der Waals surface area contributed by atoms with E-state index in [0.717, 1.165) is 12.7 Å². The highest BCUT2D eigenvalue weighted by molar-refractivity contribution is 7.89. The van der Waals surface area contributed by atoms with Gasteiger partial charge < -0.3 is 9.26 Å². The molecule has 9 heteroatoms. The van der Waals surface area contributed by atoms with Gasteiger partial charge in [-0.15, -0.1) is 0 Å². The maximum atomic E-state index is 12.1. The van der Waals surface area contributed by atoms with E-state index in [2.05, 4.69) is 10.1 Å². The first-order valence-electron chi connectivity index (χ1n) is 7.84. The number of aromatic nitrogens is 2. The lowest BCUT2D eigenvalue weighted by atomic mass is 10.2. The molecule has 1 atom stereocenters. The van der Waals surface area contributed by atoms with Gasteiger partial charge in [-0.1, -0.05) is 12.1 Å². The molecule has 0 aliphatic rings. The number of hydrogen-bond acceptors (Lipinski definition) is 8. The van der Waals surface area contributed by atoms with Gasteiger partial charge in [-0.05, 0) is 34.1 Å². The Bertz CT molecular complexity index is 648.